The highest BCUT2D eigenvalue weighted by Crippen LogP contribution is 2.40. The summed E-state index contributed by atoms with van der Waals surface area (Å²) < 4.78 is 0. The molecule has 4 nitrogen and oxygen atoms in total. The number of thiophene rings is 1. The van der Waals surface area contributed by atoms with Gasteiger partial charge < -0.3 is 5.73 Å². The number of amides is 1. The smallest absolute Gasteiger partial charge is 0.230 e. The van der Waals surface area contributed by atoms with E-state index in [0.717, 1.165) is 20.8 Å². The number of carbonyl (C=O) groups is 1. The second-order valence-corrected chi connectivity index (χ2v) is 7.79. The molecule has 3 aromatic rings. The number of hydrogen-bond donors (Lipinski definition) is 1. The fourth-order valence-electron chi connectivity index (χ4n) is 2.73. The number of rotatable bonds is 5. The Bertz CT molecular complexity index is 904. The Hall–Kier alpha value is -1.92. The van der Waals surface area contributed by atoms with E-state index in [1.807, 2.05) is 6.92 Å². The van der Waals surface area contributed by atoms with Crippen LogP contribution in [0.15, 0.2) is 34.9 Å². The molecule has 0 saturated carbocycles. The maximum atomic E-state index is 11.6. The summed E-state index contributed by atoms with van der Waals surface area (Å²) in [5.41, 5.74) is 10.3. The van der Waals surface area contributed by atoms with E-state index in [2.05, 4.69) is 47.4 Å². The zero-order chi connectivity index (χ0) is 17.3. The molecule has 2 aromatic heterocycles. The Morgan fingerprint density at radius 1 is 1.29 bits per heavy atom. The summed E-state index contributed by atoms with van der Waals surface area (Å²) in [6.07, 6.45) is 2.23. The highest BCUT2D eigenvalue weighted by atomic mass is 32.2. The molecular weight excluding hydrogens is 338 g/mol. The Labute approximate surface area is 149 Å². The van der Waals surface area contributed by atoms with E-state index in [0.29, 0.717) is 6.42 Å². The first-order valence-electron chi connectivity index (χ1n) is 7.77. The predicted molar refractivity (Wildman–Crippen MR) is 101 cm³/mol. The summed E-state index contributed by atoms with van der Waals surface area (Å²) in [5.74, 6) is -0.308. The second kappa shape index (κ2) is 6.91. The van der Waals surface area contributed by atoms with Crippen molar-refractivity contribution in [3.63, 3.8) is 0 Å². The van der Waals surface area contributed by atoms with E-state index in [1.165, 1.54) is 28.5 Å². The van der Waals surface area contributed by atoms with E-state index in [9.17, 15) is 4.79 Å². The Balaban J connectivity index is 2.15. The number of nitrogens with two attached hydrogens (primary N) is 1. The fourth-order valence-corrected chi connectivity index (χ4v) is 4.68. The Morgan fingerprint density at radius 2 is 2.08 bits per heavy atom. The number of hydrogen-bond acceptors (Lipinski definition) is 5. The van der Waals surface area contributed by atoms with Crippen LogP contribution in [0.4, 0.5) is 0 Å². The third-order valence-electron chi connectivity index (χ3n) is 3.95. The lowest BCUT2D eigenvalue weighted by Gasteiger charge is -2.12. The van der Waals surface area contributed by atoms with Gasteiger partial charge >= 0.3 is 0 Å². The lowest BCUT2D eigenvalue weighted by molar-refractivity contribution is -0.117. The number of benzene rings is 1. The van der Waals surface area contributed by atoms with Crippen molar-refractivity contribution >= 4 is 39.2 Å². The number of aryl methyl sites for hydroxylation is 2. The Morgan fingerprint density at radius 3 is 2.75 bits per heavy atom. The van der Waals surface area contributed by atoms with Crippen molar-refractivity contribution in [3.05, 3.63) is 41.0 Å². The van der Waals surface area contributed by atoms with Crippen LogP contribution in [0.2, 0.25) is 0 Å². The molecule has 6 heteroatoms. The van der Waals surface area contributed by atoms with Crippen molar-refractivity contribution in [1.82, 2.24) is 9.97 Å². The molecule has 0 saturated heterocycles. The molecule has 24 heavy (non-hydrogen) atoms. The van der Waals surface area contributed by atoms with Gasteiger partial charge in [0.25, 0.3) is 0 Å². The van der Waals surface area contributed by atoms with Crippen molar-refractivity contribution in [2.45, 2.75) is 37.5 Å². The van der Waals surface area contributed by atoms with Crippen LogP contribution in [0.5, 0.6) is 0 Å². The average Bonchev–Trinajstić information content (AvgIpc) is 2.97. The molecule has 3 rings (SSSR count). The third kappa shape index (κ3) is 3.16. The average molecular weight is 358 g/mol. The van der Waals surface area contributed by atoms with Gasteiger partial charge in [0.15, 0.2) is 0 Å². The largest absolute Gasteiger partial charge is 0.369 e. The minimum absolute atomic E-state index is 0.282. The molecule has 1 amide bonds. The van der Waals surface area contributed by atoms with E-state index < -0.39 is 0 Å². The molecule has 0 spiro atoms. The fraction of sp³-hybridized carbons (Fsp3) is 0.278. The van der Waals surface area contributed by atoms with Gasteiger partial charge in [-0.05, 0) is 31.4 Å². The lowest BCUT2D eigenvalue weighted by Crippen LogP contribution is -2.24. The van der Waals surface area contributed by atoms with Crippen molar-refractivity contribution in [1.29, 1.82) is 0 Å². The van der Waals surface area contributed by atoms with Crippen LogP contribution in [0.1, 0.15) is 24.5 Å². The molecular formula is C18H19N3OS2. The molecule has 1 aromatic carbocycles. The number of nitrogens with zero attached hydrogens (tertiary/aromatic N) is 2. The molecule has 1 atom stereocenters. The number of carbonyl (C=O) groups excluding carboxylic acids is 1. The lowest BCUT2D eigenvalue weighted by atomic mass is 9.99. The van der Waals surface area contributed by atoms with E-state index in [1.54, 1.807) is 17.7 Å². The van der Waals surface area contributed by atoms with Gasteiger partial charge in [-0.2, -0.15) is 0 Å². The number of primary amides is 1. The van der Waals surface area contributed by atoms with Crippen LogP contribution in [0.3, 0.4) is 0 Å². The summed E-state index contributed by atoms with van der Waals surface area (Å²) in [5, 5.41) is 3.67. The minimum Gasteiger partial charge on any atom is -0.369 e. The molecule has 2 N–H and O–H groups in total. The first-order chi connectivity index (χ1) is 11.5. The maximum Gasteiger partial charge on any atom is 0.230 e. The molecule has 124 valence electrons. The summed E-state index contributed by atoms with van der Waals surface area (Å²) >= 11 is 3.03. The molecule has 0 radical (unpaired) electrons. The van der Waals surface area contributed by atoms with Crippen LogP contribution in [0, 0.1) is 13.8 Å². The summed E-state index contributed by atoms with van der Waals surface area (Å²) in [6.45, 7) is 6.16. The van der Waals surface area contributed by atoms with Crippen molar-refractivity contribution in [2.75, 3.05) is 0 Å². The van der Waals surface area contributed by atoms with Crippen molar-refractivity contribution in [3.8, 4) is 11.1 Å². The zero-order valence-electron chi connectivity index (χ0n) is 13.9. The summed E-state index contributed by atoms with van der Waals surface area (Å²) in [4.78, 5) is 21.4. The third-order valence-corrected chi connectivity index (χ3v) is 6.22. The molecule has 0 aliphatic heterocycles. The van der Waals surface area contributed by atoms with Gasteiger partial charge in [-0.15, -0.1) is 11.3 Å². The Kier molecular flexibility index (Phi) is 4.87. The molecule has 0 aliphatic rings. The van der Waals surface area contributed by atoms with Gasteiger partial charge in [-0.1, -0.05) is 42.4 Å². The van der Waals surface area contributed by atoms with Gasteiger partial charge in [0.1, 0.15) is 16.2 Å². The normalized spacial score (nSPS) is 12.5. The van der Waals surface area contributed by atoms with Crippen molar-refractivity contribution in [2.24, 2.45) is 5.73 Å². The number of thioether (sulfide) groups is 1. The van der Waals surface area contributed by atoms with Gasteiger partial charge in [-0.3, -0.25) is 4.79 Å². The van der Waals surface area contributed by atoms with Crippen LogP contribution in [-0.2, 0) is 4.79 Å². The number of fused-ring (bicyclic) bond motifs is 1. The van der Waals surface area contributed by atoms with E-state index in [4.69, 9.17) is 5.73 Å². The van der Waals surface area contributed by atoms with Gasteiger partial charge in [-0.25, -0.2) is 9.97 Å². The topological polar surface area (TPSA) is 68.9 Å². The van der Waals surface area contributed by atoms with Crippen LogP contribution < -0.4 is 5.73 Å². The molecule has 0 aliphatic carbocycles. The summed E-state index contributed by atoms with van der Waals surface area (Å²) in [6, 6.07) is 6.42. The first kappa shape index (κ1) is 16.9. The van der Waals surface area contributed by atoms with E-state index >= 15 is 0 Å². The second-order valence-electron chi connectivity index (χ2n) is 5.74. The SMILES string of the molecule is CCC(Sc1ncnc2scc(-c3ccc(C)cc3C)c12)C(N)=O. The van der Waals surface area contributed by atoms with Gasteiger partial charge in [0.05, 0.1) is 10.6 Å². The monoisotopic (exact) mass is 357 g/mol. The minimum atomic E-state index is -0.308. The van der Waals surface area contributed by atoms with Crippen molar-refractivity contribution < 1.29 is 4.79 Å². The van der Waals surface area contributed by atoms with Crippen LogP contribution in [-0.4, -0.2) is 21.1 Å². The standard InChI is InChI=1S/C18H19N3OS2/c1-4-14(16(19)22)24-18-15-13(8-23-17(15)20-9-21-18)12-6-5-10(2)7-11(12)3/h5-9,14H,4H2,1-3H3,(H2,19,22). The highest BCUT2D eigenvalue weighted by molar-refractivity contribution is 8.00. The van der Waals surface area contributed by atoms with Gasteiger partial charge in [0.2, 0.25) is 5.91 Å². The maximum absolute atomic E-state index is 11.6. The quantitative estimate of drug-likeness (QED) is 0.545. The number of aromatic nitrogens is 2. The molecule has 0 bridgehead atoms. The predicted octanol–water partition coefficient (Wildman–Crippen LogP) is 4.33. The first-order valence-corrected chi connectivity index (χ1v) is 9.53. The van der Waals surface area contributed by atoms with E-state index in [-0.39, 0.29) is 11.2 Å². The molecule has 2 heterocycles. The zero-order valence-corrected chi connectivity index (χ0v) is 15.5. The van der Waals surface area contributed by atoms with Crippen LogP contribution >= 0.6 is 23.1 Å². The summed E-state index contributed by atoms with van der Waals surface area (Å²) in [7, 11) is 0. The highest BCUT2D eigenvalue weighted by Gasteiger charge is 2.20. The molecule has 0 fully saturated rings. The molecule has 1 unspecified atom stereocenters. The van der Waals surface area contributed by atoms with Crippen LogP contribution in [0.25, 0.3) is 21.3 Å². The van der Waals surface area contributed by atoms with Gasteiger partial charge in [0, 0.05) is 10.9 Å².